The van der Waals surface area contributed by atoms with Gasteiger partial charge in [-0.25, -0.2) is 9.67 Å². The van der Waals surface area contributed by atoms with E-state index < -0.39 is 0 Å². The number of halogens is 1. The number of anilines is 1. The SMILES string of the molecule is CCOc1cccc(Cn2ncc3c(N4CCN(C(=O)C5CCC(CN(CCOC)C(C)(C)C)CC5)CC4)ccnc32)c1.Cl. The first-order chi connectivity index (χ1) is 20.8. The number of methoxy groups -OCH3 is 1. The Kier molecular flexibility index (Phi) is 11.9. The molecule has 0 bridgehead atoms. The van der Waals surface area contributed by atoms with Crippen molar-refractivity contribution in [3.8, 4) is 5.75 Å². The number of aromatic nitrogens is 3. The quantitative estimate of drug-likeness (QED) is 0.278. The average Bonchev–Trinajstić information content (AvgIpc) is 3.42. The molecule has 2 aromatic heterocycles. The number of nitrogens with zero attached hydrogens (tertiary/aromatic N) is 6. The molecule has 0 radical (unpaired) electrons. The predicted molar refractivity (Wildman–Crippen MR) is 179 cm³/mol. The summed E-state index contributed by atoms with van der Waals surface area (Å²) < 4.78 is 13.0. The molecule has 0 atom stereocenters. The number of carbonyl (C=O) groups excluding carboxylic acids is 1. The summed E-state index contributed by atoms with van der Waals surface area (Å²) in [4.78, 5) is 25.2. The molecule has 1 amide bonds. The Morgan fingerprint density at radius 3 is 2.50 bits per heavy atom. The highest BCUT2D eigenvalue weighted by molar-refractivity contribution is 5.89. The van der Waals surface area contributed by atoms with E-state index in [1.54, 1.807) is 7.11 Å². The molecule has 1 aliphatic carbocycles. The Bertz CT molecular complexity index is 1340. The average molecular weight is 627 g/mol. The molecule has 0 unspecified atom stereocenters. The van der Waals surface area contributed by atoms with Crippen molar-refractivity contribution < 1.29 is 14.3 Å². The highest BCUT2D eigenvalue weighted by Gasteiger charge is 2.33. The van der Waals surface area contributed by atoms with Crippen LogP contribution in [0.4, 0.5) is 5.69 Å². The fourth-order valence-corrected chi connectivity index (χ4v) is 6.66. The summed E-state index contributed by atoms with van der Waals surface area (Å²) in [6.07, 6.45) is 8.07. The van der Waals surface area contributed by atoms with Crippen LogP contribution in [-0.4, -0.2) is 95.6 Å². The Morgan fingerprint density at radius 1 is 1.07 bits per heavy atom. The zero-order valence-corrected chi connectivity index (χ0v) is 28.0. The van der Waals surface area contributed by atoms with Crippen molar-refractivity contribution in [1.29, 1.82) is 0 Å². The van der Waals surface area contributed by atoms with Gasteiger partial charge in [0.1, 0.15) is 5.75 Å². The van der Waals surface area contributed by atoms with Crippen molar-refractivity contribution in [1.82, 2.24) is 24.6 Å². The molecule has 3 heterocycles. The third-order valence-electron chi connectivity index (χ3n) is 9.18. The second kappa shape index (κ2) is 15.4. The smallest absolute Gasteiger partial charge is 0.225 e. The van der Waals surface area contributed by atoms with E-state index in [0.29, 0.717) is 25.0 Å². The van der Waals surface area contributed by atoms with Gasteiger partial charge in [-0.2, -0.15) is 5.10 Å². The van der Waals surface area contributed by atoms with Gasteiger partial charge >= 0.3 is 0 Å². The van der Waals surface area contributed by atoms with Crippen LogP contribution in [0, 0.1) is 11.8 Å². The van der Waals surface area contributed by atoms with E-state index in [1.807, 2.05) is 36.1 Å². The highest BCUT2D eigenvalue weighted by atomic mass is 35.5. The summed E-state index contributed by atoms with van der Waals surface area (Å²) in [6.45, 7) is 16.1. The molecule has 10 heteroatoms. The maximum atomic E-state index is 13.5. The first kappa shape index (κ1) is 34.0. The molecule has 9 nitrogen and oxygen atoms in total. The molecule has 0 N–H and O–H groups in total. The Hall–Kier alpha value is -2.88. The lowest BCUT2D eigenvalue weighted by Crippen LogP contribution is -2.51. The summed E-state index contributed by atoms with van der Waals surface area (Å²) in [5, 5.41) is 5.74. The van der Waals surface area contributed by atoms with Gasteiger partial charge in [-0.15, -0.1) is 12.4 Å². The molecule has 44 heavy (non-hydrogen) atoms. The van der Waals surface area contributed by atoms with Gasteiger partial charge in [0, 0.05) is 64.0 Å². The molecule has 1 saturated heterocycles. The molecule has 2 aliphatic rings. The first-order valence-electron chi connectivity index (χ1n) is 16.1. The predicted octanol–water partition coefficient (Wildman–Crippen LogP) is 5.50. The fraction of sp³-hybridized carbons (Fsp3) is 0.618. The van der Waals surface area contributed by atoms with Crippen molar-refractivity contribution in [3.05, 3.63) is 48.3 Å². The number of rotatable bonds is 11. The van der Waals surface area contributed by atoms with Gasteiger partial charge < -0.3 is 19.3 Å². The number of benzene rings is 1. The van der Waals surface area contributed by atoms with Crippen LogP contribution in [0.15, 0.2) is 42.7 Å². The zero-order chi connectivity index (χ0) is 30.4. The molecule has 1 aromatic carbocycles. The first-order valence-corrected chi connectivity index (χ1v) is 16.1. The number of fused-ring (bicyclic) bond motifs is 1. The third-order valence-corrected chi connectivity index (χ3v) is 9.18. The Balaban J connectivity index is 0.00000442. The van der Waals surface area contributed by atoms with Gasteiger partial charge in [0.15, 0.2) is 5.65 Å². The van der Waals surface area contributed by atoms with Crippen LogP contribution in [0.5, 0.6) is 5.75 Å². The van der Waals surface area contributed by atoms with Gasteiger partial charge in [-0.3, -0.25) is 9.69 Å². The monoisotopic (exact) mass is 626 g/mol. The number of ether oxygens (including phenoxy) is 2. The largest absolute Gasteiger partial charge is 0.494 e. The van der Waals surface area contributed by atoms with Crippen LogP contribution in [0.1, 0.15) is 58.9 Å². The van der Waals surface area contributed by atoms with Crippen molar-refractivity contribution in [2.45, 2.75) is 65.5 Å². The molecule has 5 rings (SSSR count). The van der Waals surface area contributed by atoms with E-state index in [0.717, 1.165) is 99.6 Å². The van der Waals surface area contributed by atoms with Crippen LogP contribution in [-0.2, 0) is 16.1 Å². The molecular weight excluding hydrogens is 576 g/mol. The summed E-state index contributed by atoms with van der Waals surface area (Å²) in [6, 6.07) is 10.2. The number of hydrogen-bond acceptors (Lipinski definition) is 7. The minimum absolute atomic E-state index is 0. The minimum atomic E-state index is 0. The Morgan fingerprint density at radius 2 is 1.82 bits per heavy atom. The van der Waals surface area contributed by atoms with E-state index in [-0.39, 0.29) is 23.9 Å². The van der Waals surface area contributed by atoms with Crippen LogP contribution >= 0.6 is 12.4 Å². The van der Waals surface area contributed by atoms with Crippen molar-refractivity contribution >= 4 is 35.0 Å². The van der Waals surface area contributed by atoms with Gasteiger partial charge in [-0.05, 0) is 83.1 Å². The van der Waals surface area contributed by atoms with E-state index in [4.69, 9.17) is 14.6 Å². The maximum absolute atomic E-state index is 13.5. The summed E-state index contributed by atoms with van der Waals surface area (Å²) in [5.41, 5.74) is 3.27. The molecule has 1 saturated carbocycles. The van der Waals surface area contributed by atoms with Crippen LogP contribution in [0.2, 0.25) is 0 Å². The van der Waals surface area contributed by atoms with Crippen LogP contribution in [0.3, 0.4) is 0 Å². The number of carbonyl (C=O) groups is 1. The number of pyridine rings is 1. The molecular formula is C34H51ClN6O3. The van der Waals surface area contributed by atoms with E-state index >= 15 is 0 Å². The maximum Gasteiger partial charge on any atom is 0.225 e. The molecule has 2 fully saturated rings. The second-order valence-corrected chi connectivity index (χ2v) is 13.1. The lowest BCUT2D eigenvalue weighted by atomic mass is 9.80. The van der Waals surface area contributed by atoms with Crippen molar-refractivity contribution in [3.63, 3.8) is 0 Å². The van der Waals surface area contributed by atoms with Crippen LogP contribution in [0.25, 0.3) is 11.0 Å². The van der Waals surface area contributed by atoms with Gasteiger partial charge in [0.2, 0.25) is 5.91 Å². The topological polar surface area (TPSA) is 76.0 Å². The van der Waals surface area contributed by atoms with Gasteiger partial charge in [0.25, 0.3) is 0 Å². The molecule has 1 aliphatic heterocycles. The van der Waals surface area contributed by atoms with E-state index in [9.17, 15) is 4.79 Å². The van der Waals surface area contributed by atoms with Gasteiger partial charge in [-0.1, -0.05) is 12.1 Å². The van der Waals surface area contributed by atoms with Gasteiger partial charge in [0.05, 0.1) is 37.0 Å². The second-order valence-electron chi connectivity index (χ2n) is 13.1. The van der Waals surface area contributed by atoms with E-state index in [1.165, 1.54) is 0 Å². The summed E-state index contributed by atoms with van der Waals surface area (Å²) in [7, 11) is 1.77. The highest BCUT2D eigenvalue weighted by Crippen LogP contribution is 2.33. The third kappa shape index (κ3) is 8.23. The number of amides is 1. The number of piperazine rings is 1. The normalized spacial score (nSPS) is 19.3. The molecule has 0 spiro atoms. The summed E-state index contributed by atoms with van der Waals surface area (Å²) >= 11 is 0. The molecule has 3 aromatic rings. The van der Waals surface area contributed by atoms with Crippen LogP contribution < -0.4 is 9.64 Å². The van der Waals surface area contributed by atoms with Crippen molar-refractivity contribution in [2.75, 3.05) is 64.5 Å². The fourth-order valence-electron chi connectivity index (χ4n) is 6.66. The van der Waals surface area contributed by atoms with E-state index in [2.05, 4.69) is 58.7 Å². The molecule has 242 valence electrons. The number of hydrogen-bond donors (Lipinski definition) is 0. The minimum Gasteiger partial charge on any atom is -0.494 e. The lowest BCUT2D eigenvalue weighted by molar-refractivity contribution is -0.137. The lowest BCUT2D eigenvalue weighted by Gasteiger charge is -2.41. The van der Waals surface area contributed by atoms with Crippen molar-refractivity contribution in [2.24, 2.45) is 11.8 Å². The summed E-state index contributed by atoms with van der Waals surface area (Å²) in [5.74, 6) is 2.04. The zero-order valence-electron chi connectivity index (χ0n) is 27.2. The Labute approximate surface area is 269 Å². The standard InChI is InChI=1S/C34H50N6O3.ClH/c1-6-43-29-9-7-8-27(22-29)25-40-32-30(23-36-40)31(14-15-35-32)37-16-18-38(19-17-37)33(41)28-12-10-26(11-13-28)24-39(20-21-42-5)34(2,3)4;/h7-9,14-15,22-23,26,28H,6,10-13,16-21,24-25H2,1-5H3;1H.